The summed E-state index contributed by atoms with van der Waals surface area (Å²) in [5.41, 5.74) is -2.41. The van der Waals surface area contributed by atoms with Gasteiger partial charge in [-0.15, -0.1) is 0 Å². The van der Waals surface area contributed by atoms with Crippen molar-refractivity contribution in [1.82, 2.24) is 0 Å². The number of alkyl halides is 3. The summed E-state index contributed by atoms with van der Waals surface area (Å²) in [6.07, 6.45) is 0. The van der Waals surface area contributed by atoms with Crippen LogP contribution in [0.2, 0.25) is 5.82 Å². The molecular weight excluding hydrogens is 487 g/mol. The van der Waals surface area contributed by atoms with E-state index < -0.39 is 29.5 Å². The van der Waals surface area contributed by atoms with Crippen LogP contribution in [0.5, 0.6) is 0 Å². The average molecular weight is 502 g/mol. The molecule has 0 saturated carbocycles. The minimum atomic E-state index is -6.09. The topological polar surface area (TPSA) is 57.2 Å². The van der Waals surface area contributed by atoms with Gasteiger partial charge in [-0.3, -0.25) is 0 Å². The van der Waals surface area contributed by atoms with Crippen LogP contribution in [0.25, 0.3) is 0 Å². The van der Waals surface area contributed by atoms with Crippen LogP contribution in [0.15, 0.2) is 48.5 Å². The van der Waals surface area contributed by atoms with Crippen molar-refractivity contribution in [1.29, 1.82) is 0 Å². The maximum absolute atomic E-state index is 10.7. The Labute approximate surface area is 155 Å². The molecule has 9 heteroatoms. The third-order valence-electron chi connectivity index (χ3n) is 3.25. The van der Waals surface area contributed by atoms with Gasteiger partial charge in [-0.1, -0.05) is 0 Å². The Balaban J connectivity index is 0.000000242. The molecule has 0 saturated heterocycles. The van der Waals surface area contributed by atoms with Gasteiger partial charge in [0, 0.05) is 0 Å². The van der Waals surface area contributed by atoms with Crippen molar-refractivity contribution >= 4 is 47.9 Å². The van der Waals surface area contributed by atoms with Crippen molar-refractivity contribution in [2.24, 2.45) is 0 Å². The molecule has 136 valence electrons. The van der Waals surface area contributed by atoms with E-state index in [2.05, 4.69) is 54.4 Å². The summed E-state index contributed by atoms with van der Waals surface area (Å²) < 4.78 is 62.1. The van der Waals surface area contributed by atoms with E-state index in [-0.39, 0.29) is 0 Å². The summed E-state index contributed by atoms with van der Waals surface area (Å²) in [5.74, 6) is 2.49. The van der Waals surface area contributed by atoms with E-state index in [1.165, 1.54) is 10.6 Å². The summed E-state index contributed by atoms with van der Waals surface area (Å²) in [4.78, 5) is 0. The molecule has 0 atom stereocenters. The summed E-state index contributed by atoms with van der Waals surface area (Å²) >= 11 is 0.00449. The van der Waals surface area contributed by atoms with E-state index in [0.29, 0.717) is 15.0 Å². The van der Waals surface area contributed by atoms with E-state index >= 15 is 0 Å². The van der Waals surface area contributed by atoms with Gasteiger partial charge >= 0.3 is 119 Å². The summed E-state index contributed by atoms with van der Waals surface area (Å²) in [5, 5.41) is 2.71. The fourth-order valence-corrected chi connectivity index (χ4v) is 8.82. The van der Waals surface area contributed by atoms with Crippen molar-refractivity contribution in [2.75, 3.05) is 0 Å². The van der Waals surface area contributed by atoms with E-state index in [4.69, 9.17) is 13.0 Å². The predicted molar refractivity (Wildman–Crippen MR) is 92.7 cm³/mol. The van der Waals surface area contributed by atoms with Crippen LogP contribution < -0.4 is 8.92 Å². The van der Waals surface area contributed by atoms with Crippen molar-refractivity contribution < 1.29 is 26.1 Å². The van der Waals surface area contributed by atoms with Gasteiger partial charge in [0.05, 0.1) is 0 Å². The van der Waals surface area contributed by atoms with Crippen LogP contribution in [0.1, 0.15) is 11.1 Å². The van der Waals surface area contributed by atoms with Gasteiger partial charge in [-0.25, -0.2) is 8.42 Å². The minimum absolute atomic E-state index is 0.495. The smallest absolute Gasteiger partial charge is 0.485 e. The van der Waals surface area contributed by atoms with Gasteiger partial charge < -0.3 is 4.55 Å². The molecule has 25 heavy (non-hydrogen) atoms. The normalized spacial score (nSPS) is 15.1. The molecule has 1 heterocycles. The first-order chi connectivity index (χ1) is 11.6. The minimum Gasteiger partial charge on any atom is -0.741 e. The Bertz CT molecular complexity index is 791. The van der Waals surface area contributed by atoms with Crippen LogP contribution in [0, 0.1) is 0 Å². The summed E-state index contributed by atoms with van der Waals surface area (Å²) in [6, 6.07) is 18.1. The van der Waals surface area contributed by atoms with Gasteiger partial charge in [-0.2, -0.15) is 13.2 Å². The van der Waals surface area contributed by atoms with Crippen molar-refractivity contribution in [3.63, 3.8) is 0 Å². The third-order valence-corrected chi connectivity index (χ3v) is 9.79. The Morgan fingerprint density at radius 1 is 0.960 bits per heavy atom. The summed E-state index contributed by atoms with van der Waals surface area (Å²) in [7, 11) is -6.09. The molecule has 0 spiro atoms. The SMILES string of the molecule is C[Se+]1Cc2ccccc2[Se]c2ccccc2C1.O=S(=O)([O-])C(F)(F)F. The van der Waals surface area contributed by atoms with Crippen molar-refractivity contribution in [2.45, 2.75) is 22.0 Å². The average Bonchev–Trinajstić information content (AvgIpc) is 2.48. The molecular formula is C16H15F3O3SSe2. The van der Waals surface area contributed by atoms with E-state index in [9.17, 15) is 13.2 Å². The molecule has 0 N–H and O–H groups in total. The zero-order valence-corrected chi connectivity index (χ0v) is 17.4. The Morgan fingerprint density at radius 2 is 1.32 bits per heavy atom. The second-order valence-electron chi connectivity index (χ2n) is 5.29. The second-order valence-corrected chi connectivity index (χ2v) is 13.4. The monoisotopic (exact) mass is 504 g/mol. The predicted octanol–water partition coefficient (Wildman–Crippen LogP) is 1.69. The van der Waals surface area contributed by atoms with Crippen LogP contribution in [0.4, 0.5) is 13.2 Å². The largest absolute Gasteiger partial charge is 0.741 e. The molecule has 0 radical (unpaired) electrons. The quantitative estimate of drug-likeness (QED) is 0.313. The van der Waals surface area contributed by atoms with Crippen molar-refractivity contribution in [3.05, 3.63) is 59.7 Å². The first kappa shape index (κ1) is 20.5. The van der Waals surface area contributed by atoms with Crippen LogP contribution >= 0.6 is 0 Å². The fraction of sp³-hybridized carbons (Fsp3) is 0.250. The van der Waals surface area contributed by atoms with Crippen molar-refractivity contribution in [3.8, 4) is 0 Å². The van der Waals surface area contributed by atoms with Crippen LogP contribution in [-0.2, 0) is 20.8 Å². The Kier molecular flexibility index (Phi) is 6.76. The maximum Gasteiger partial charge on any atom is 0.485 e. The molecule has 0 bridgehead atoms. The Hall–Kier alpha value is -0.821. The first-order valence-electron chi connectivity index (χ1n) is 7.03. The van der Waals surface area contributed by atoms with Gasteiger partial charge in [0.1, 0.15) is 0 Å². The fourth-order valence-electron chi connectivity index (χ4n) is 2.15. The molecule has 0 aromatic heterocycles. The molecule has 0 aliphatic carbocycles. The molecule has 3 rings (SSSR count). The van der Waals surface area contributed by atoms with Gasteiger partial charge in [0.2, 0.25) is 0 Å². The number of halogens is 3. The standard InChI is InChI=1S/C15H15Se2.CHF3O3S/c1-17-10-12-6-2-4-8-14(12)16-15-9-5-3-7-13(15)11-17;2-1(3,4)8(5,6)7/h2-9H,10-11H2,1H3;(H,5,6,7)/q+1;/p-1. The van der Waals surface area contributed by atoms with Gasteiger partial charge in [-0.05, 0) is 0 Å². The number of rotatable bonds is 0. The molecule has 3 nitrogen and oxygen atoms in total. The number of fused-ring (bicyclic) bond motifs is 2. The van der Waals surface area contributed by atoms with Gasteiger partial charge in [0.15, 0.2) is 10.1 Å². The molecule has 0 amide bonds. The number of benzene rings is 2. The second kappa shape index (κ2) is 8.25. The van der Waals surface area contributed by atoms with E-state index in [1.807, 2.05) is 0 Å². The van der Waals surface area contributed by atoms with Crippen LogP contribution in [0.3, 0.4) is 0 Å². The first-order valence-corrected chi connectivity index (χ1v) is 14.3. The number of hydrogen-bond donors (Lipinski definition) is 0. The van der Waals surface area contributed by atoms with Gasteiger partial charge in [0.25, 0.3) is 0 Å². The molecule has 0 fully saturated rings. The Morgan fingerprint density at radius 3 is 1.68 bits per heavy atom. The molecule has 2 aromatic carbocycles. The molecule has 1 aliphatic heterocycles. The molecule has 1 aliphatic rings. The maximum atomic E-state index is 10.7. The van der Waals surface area contributed by atoms with E-state index in [1.54, 1.807) is 20.1 Å². The van der Waals surface area contributed by atoms with E-state index in [0.717, 1.165) is 0 Å². The molecule has 2 aromatic rings. The van der Waals surface area contributed by atoms with Crippen LogP contribution in [-0.4, -0.2) is 47.3 Å². The number of hydrogen-bond acceptors (Lipinski definition) is 3. The third kappa shape index (κ3) is 5.84. The summed E-state index contributed by atoms with van der Waals surface area (Å²) in [6.45, 7) is 0. The zero-order valence-electron chi connectivity index (χ0n) is 13.1. The molecule has 0 unspecified atom stereocenters. The zero-order chi connectivity index (χ0) is 18.7.